The average Bonchev–Trinajstić information content (AvgIpc) is 3.15. The lowest BCUT2D eigenvalue weighted by Gasteiger charge is -2.26. The normalized spacial score (nSPS) is 11.6. The molecule has 154 valence electrons. The molecule has 1 atom stereocenters. The maximum absolute atomic E-state index is 12.0. The van der Waals surface area contributed by atoms with E-state index < -0.39 is 17.1 Å². The molecule has 3 N–H and O–H groups in total. The van der Waals surface area contributed by atoms with Gasteiger partial charge in [-0.1, -0.05) is 24.3 Å². The standard InChI is InChI=1S/C20H20N6O4/c1-13(17-10-14(11-23-24-21)6-7-19(17)26(29)30)25(20(27)28)9-8-15-12-22-18-5-3-2-4-16(15)18/h2-7,10,12-13,21-22H,8-9,11H2,1H3/p+1. The highest BCUT2D eigenvalue weighted by atomic mass is 16.6. The number of nitro groups is 1. The van der Waals surface area contributed by atoms with Gasteiger partial charge in [-0.15, -0.1) is 0 Å². The van der Waals surface area contributed by atoms with Crippen molar-refractivity contribution in [2.75, 3.05) is 6.54 Å². The Kier molecular flexibility index (Phi) is 6.19. The number of benzene rings is 2. The Morgan fingerprint density at radius 1 is 1.37 bits per heavy atom. The molecule has 0 aliphatic rings. The Labute approximate surface area is 171 Å². The fourth-order valence-corrected chi connectivity index (χ4v) is 3.52. The second-order valence-electron chi connectivity index (χ2n) is 6.81. The molecule has 0 saturated carbocycles. The number of carboxylic acid groups (broad SMARTS) is 1. The van der Waals surface area contributed by atoms with Crippen LogP contribution in [0.5, 0.6) is 0 Å². The van der Waals surface area contributed by atoms with E-state index >= 15 is 0 Å². The first-order valence-electron chi connectivity index (χ1n) is 9.27. The van der Waals surface area contributed by atoms with E-state index in [-0.39, 0.29) is 24.3 Å². The fourth-order valence-electron chi connectivity index (χ4n) is 3.52. The van der Waals surface area contributed by atoms with Crippen LogP contribution in [0.4, 0.5) is 10.5 Å². The Balaban J connectivity index is 1.89. The van der Waals surface area contributed by atoms with E-state index in [9.17, 15) is 20.0 Å². The number of aromatic nitrogens is 1. The van der Waals surface area contributed by atoms with Crippen molar-refractivity contribution in [2.45, 2.75) is 25.9 Å². The number of carbonyl (C=O) groups is 1. The van der Waals surface area contributed by atoms with Gasteiger partial charge in [0.15, 0.2) is 0 Å². The smallest absolute Gasteiger partial charge is 0.407 e. The molecule has 0 radical (unpaired) electrons. The van der Waals surface area contributed by atoms with Crippen LogP contribution in [0.15, 0.2) is 53.8 Å². The van der Waals surface area contributed by atoms with Gasteiger partial charge in [0.2, 0.25) is 4.91 Å². The molecule has 30 heavy (non-hydrogen) atoms. The summed E-state index contributed by atoms with van der Waals surface area (Å²) in [6.07, 6.45) is 1.15. The van der Waals surface area contributed by atoms with Gasteiger partial charge in [-0.2, -0.15) is 0 Å². The molecule has 1 amide bonds. The van der Waals surface area contributed by atoms with Crippen LogP contribution in [0.25, 0.3) is 10.9 Å². The lowest BCUT2D eigenvalue weighted by molar-refractivity contribution is -0.385. The van der Waals surface area contributed by atoms with Gasteiger partial charge in [0.1, 0.15) is 17.2 Å². The van der Waals surface area contributed by atoms with E-state index in [1.807, 2.05) is 30.5 Å². The zero-order valence-electron chi connectivity index (χ0n) is 16.3. The van der Waals surface area contributed by atoms with E-state index in [1.165, 1.54) is 17.0 Å². The molecule has 1 unspecified atom stereocenters. The maximum Gasteiger partial charge on any atom is 0.407 e. The van der Waals surface area contributed by atoms with Crippen LogP contribution < -0.4 is 4.91 Å². The first-order chi connectivity index (χ1) is 14.4. The highest BCUT2D eigenvalue weighted by Crippen LogP contribution is 2.31. The van der Waals surface area contributed by atoms with E-state index in [1.54, 1.807) is 13.0 Å². The Hall–Kier alpha value is -4.04. The zero-order valence-corrected chi connectivity index (χ0v) is 16.3. The Morgan fingerprint density at radius 2 is 2.13 bits per heavy atom. The number of para-hydroxylation sites is 1. The molecule has 1 heterocycles. The molecule has 3 rings (SSSR count). The van der Waals surface area contributed by atoms with Crippen LogP contribution in [-0.2, 0) is 13.0 Å². The summed E-state index contributed by atoms with van der Waals surface area (Å²) in [4.78, 5) is 30.2. The molecule has 0 spiro atoms. The molecule has 0 saturated heterocycles. The van der Waals surface area contributed by atoms with Crippen molar-refractivity contribution in [3.05, 3.63) is 75.5 Å². The highest BCUT2D eigenvalue weighted by molar-refractivity contribution is 5.83. The third-order valence-electron chi connectivity index (χ3n) is 5.07. The van der Waals surface area contributed by atoms with Gasteiger partial charge < -0.3 is 15.0 Å². The summed E-state index contributed by atoms with van der Waals surface area (Å²) < 4.78 is 0. The molecule has 2 aromatic carbocycles. The summed E-state index contributed by atoms with van der Waals surface area (Å²) in [6.45, 7) is 1.89. The summed E-state index contributed by atoms with van der Waals surface area (Å²) >= 11 is 0. The molecule has 10 heteroatoms. The van der Waals surface area contributed by atoms with Gasteiger partial charge in [-0.3, -0.25) is 10.1 Å². The molecule has 0 aliphatic carbocycles. The number of nitro benzene ring substituents is 1. The fraction of sp³-hybridized carbons (Fsp3) is 0.250. The van der Waals surface area contributed by atoms with Crippen molar-refractivity contribution in [3.8, 4) is 0 Å². The number of hydrogen-bond donors (Lipinski definition) is 3. The van der Waals surface area contributed by atoms with Crippen LogP contribution in [0, 0.1) is 15.6 Å². The van der Waals surface area contributed by atoms with Crippen molar-refractivity contribution < 1.29 is 14.8 Å². The summed E-state index contributed by atoms with van der Waals surface area (Å²) in [5.74, 6) is 0. The van der Waals surface area contributed by atoms with E-state index in [4.69, 9.17) is 5.53 Å². The van der Waals surface area contributed by atoms with Crippen molar-refractivity contribution in [3.63, 3.8) is 0 Å². The first-order valence-corrected chi connectivity index (χ1v) is 9.27. The van der Waals surface area contributed by atoms with Crippen LogP contribution in [0.3, 0.4) is 0 Å². The van der Waals surface area contributed by atoms with Crippen LogP contribution in [0.1, 0.15) is 29.7 Å². The van der Waals surface area contributed by atoms with Gasteiger partial charge in [-0.05, 0) is 36.6 Å². The topological polar surface area (TPSA) is 150 Å². The summed E-state index contributed by atoms with van der Waals surface area (Å²) in [7, 11) is 0. The number of amides is 1. The lowest BCUT2D eigenvalue weighted by atomic mass is 10.0. The number of H-pyrrole nitrogens is 1. The van der Waals surface area contributed by atoms with Gasteiger partial charge in [-0.25, -0.2) is 4.79 Å². The number of hydrogen-bond acceptors (Lipinski definition) is 5. The largest absolute Gasteiger partial charge is 0.465 e. The van der Waals surface area contributed by atoms with Crippen molar-refractivity contribution >= 4 is 22.7 Å². The molecular formula is C20H21N6O4+. The minimum Gasteiger partial charge on any atom is -0.465 e. The summed E-state index contributed by atoms with van der Waals surface area (Å²) in [6, 6.07) is 11.4. The minimum atomic E-state index is -1.16. The number of aromatic amines is 1. The van der Waals surface area contributed by atoms with E-state index in [0.717, 1.165) is 16.5 Å². The average molecular weight is 409 g/mol. The Bertz CT molecular complexity index is 1140. The SMILES string of the molecule is CC(c1cc(CN=[N+]=N)ccc1[N+](=O)[O-])N(CCc1c[nH]c2ccccc12)C(=O)O. The predicted octanol–water partition coefficient (Wildman–Crippen LogP) is 4.41. The van der Waals surface area contributed by atoms with E-state index in [2.05, 4.69) is 15.0 Å². The summed E-state index contributed by atoms with van der Waals surface area (Å²) in [5.41, 5.74) is 9.44. The molecule has 0 bridgehead atoms. The maximum atomic E-state index is 12.0. The summed E-state index contributed by atoms with van der Waals surface area (Å²) in [5, 5.41) is 25.9. The number of fused-ring (bicyclic) bond motifs is 1. The molecule has 3 aromatic rings. The molecule has 1 aromatic heterocycles. The van der Waals surface area contributed by atoms with Crippen molar-refractivity contribution in [1.29, 1.82) is 5.53 Å². The number of nitrogens with one attached hydrogen (secondary N) is 2. The zero-order chi connectivity index (χ0) is 21.7. The monoisotopic (exact) mass is 409 g/mol. The minimum absolute atomic E-state index is 0.0869. The van der Waals surface area contributed by atoms with Gasteiger partial charge >= 0.3 is 6.09 Å². The van der Waals surface area contributed by atoms with Crippen LogP contribution in [-0.4, -0.2) is 32.6 Å². The molecule has 0 fully saturated rings. The van der Waals surface area contributed by atoms with Gasteiger partial charge in [0.05, 0.1) is 16.5 Å². The molecule has 10 nitrogen and oxygen atoms in total. The Morgan fingerprint density at radius 3 is 2.83 bits per heavy atom. The van der Waals surface area contributed by atoms with Crippen molar-refractivity contribution in [1.82, 2.24) is 14.8 Å². The van der Waals surface area contributed by atoms with Crippen LogP contribution in [0.2, 0.25) is 0 Å². The molecular weight excluding hydrogens is 388 g/mol. The highest BCUT2D eigenvalue weighted by Gasteiger charge is 2.27. The third-order valence-corrected chi connectivity index (χ3v) is 5.07. The predicted molar refractivity (Wildman–Crippen MR) is 109 cm³/mol. The van der Waals surface area contributed by atoms with E-state index in [0.29, 0.717) is 12.0 Å². The quantitative estimate of drug-likeness (QED) is 0.218. The molecule has 0 aliphatic heterocycles. The van der Waals surface area contributed by atoms with Gasteiger partial charge in [0, 0.05) is 29.7 Å². The second kappa shape index (κ2) is 8.97. The van der Waals surface area contributed by atoms with Crippen LogP contribution >= 0.6 is 0 Å². The third kappa shape index (κ3) is 4.34. The number of nitrogens with zero attached hydrogens (tertiary/aromatic N) is 4. The van der Waals surface area contributed by atoms with Crippen molar-refractivity contribution in [2.24, 2.45) is 5.11 Å². The lowest BCUT2D eigenvalue weighted by Crippen LogP contribution is -2.34. The first kappa shape index (κ1) is 20.7. The van der Waals surface area contributed by atoms with Gasteiger partial charge in [0.25, 0.3) is 5.69 Å². The number of rotatable bonds is 8. The second-order valence-corrected chi connectivity index (χ2v) is 6.81.